The molecule has 5 nitrogen and oxygen atoms in total. The van der Waals surface area contributed by atoms with Crippen LogP contribution in [0.1, 0.15) is 35.8 Å². The summed E-state index contributed by atoms with van der Waals surface area (Å²) in [4.78, 5) is 6.67. The summed E-state index contributed by atoms with van der Waals surface area (Å²) in [6.45, 7) is 2.50. The summed E-state index contributed by atoms with van der Waals surface area (Å²) in [7, 11) is 0. The number of aromatic amines is 1. The number of nitrogens with one attached hydrogen (secondary N) is 1. The van der Waals surface area contributed by atoms with E-state index >= 15 is 0 Å². The molecule has 2 aromatic heterocycles. The van der Waals surface area contributed by atoms with Crippen LogP contribution in [0.2, 0.25) is 0 Å². The molecule has 0 amide bonds. The van der Waals surface area contributed by atoms with Gasteiger partial charge in [0.2, 0.25) is 0 Å². The summed E-state index contributed by atoms with van der Waals surface area (Å²) in [6, 6.07) is 12.7. The van der Waals surface area contributed by atoms with Gasteiger partial charge in [0.15, 0.2) is 0 Å². The standard InChI is InChI=1S/C21H23FN4O/c22-17-5-7-19(8-6-17)27-12-9-18-13-20(25-24-18)21-4-2-11-26(21)15-16-3-1-10-23-14-16/h1,3,5-8,10,13-14,21H,2,4,9,11-12,15H2,(H,24,25)/t21-/m0/s1. The maximum absolute atomic E-state index is 12.9. The first-order chi connectivity index (χ1) is 13.3. The van der Waals surface area contributed by atoms with Crippen molar-refractivity contribution in [1.82, 2.24) is 20.1 Å². The Kier molecular flexibility index (Phi) is 5.44. The normalized spacial score (nSPS) is 17.3. The Bertz CT molecular complexity index is 850. The topological polar surface area (TPSA) is 54.0 Å². The summed E-state index contributed by atoms with van der Waals surface area (Å²) in [5, 5.41) is 7.67. The van der Waals surface area contributed by atoms with Gasteiger partial charge in [0.1, 0.15) is 11.6 Å². The molecule has 0 saturated carbocycles. The lowest BCUT2D eigenvalue weighted by Gasteiger charge is -2.22. The second-order valence-corrected chi connectivity index (χ2v) is 6.86. The van der Waals surface area contributed by atoms with Crippen molar-refractivity contribution < 1.29 is 9.13 Å². The minimum Gasteiger partial charge on any atom is -0.493 e. The van der Waals surface area contributed by atoms with E-state index in [1.165, 1.54) is 24.1 Å². The van der Waals surface area contributed by atoms with Crippen LogP contribution in [0.4, 0.5) is 4.39 Å². The van der Waals surface area contributed by atoms with E-state index in [1.807, 2.05) is 12.3 Å². The Balaban J connectivity index is 1.33. The van der Waals surface area contributed by atoms with Crippen molar-refractivity contribution in [1.29, 1.82) is 0 Å². The molecule has 0 radical (unpaired) electrons. The number of hydrogen-bond acceptors (Lipinski definition) is 4. The van der Waals surface area contributed by atoms with Crippen LogP contribution >= 0.6 is 0 Å². The zero-order chi connectivity index (χ0) is 18.5. The van der Waals surface area contributed by atoms with Gasteiger partial charge >= 0.3 is 0 Å². The maximum Gasteiger partial charge on any atom is 0.123 e. The van der Waals surface area contributed by atoms with E-state index in [-0.39, 0.29) is 5.82 Å². The lowest BCUT2D eigenvalue weighted by molar-refractivity contribution is 0.244. The fraction of sp³-hybridized carbons (Fsp3) is 0.333. The molecule has 0 spiro atoms. The average Bonchev–Trinajstić information content (AvgIpc) is 3.33. The molecule has 3 aromatic rings. The molecule has 1 saturated heterocycles. The van der Waals surface area contributed by atoms with E-state index < -0.39 is 0 Å². The highest BCUT2D eigenvalue weighted by molar-refractivity contribution is 5.22. The molecule has 0 unspecified atom stereocenters. The van der Waals surface area contributed by atoms with Gasteiger partial charge in [-0.25, -0.2) is 4.39 Å². The van der Waals surface area contributed by atoms with Gasteiger partial charge in [-0.15, -0.1) is 0 Å². The first-order valence-corrected chi connectivity index (χ1v) is 9.33. The Morgan fingerprint density at radius 2 is 2.11 bits per heavy atom. The van der Waals surface area contributed by atoms with Crippen LogP contribution in [0.25, 0.3) is 0 Å². The lowest BCUT2D eigenvalue weighted by atomic mass is 10.1. The summed E-state index contributed by atoms with van der Waals surface area (Å²) >= 11 is 0. The SMILES string of the molecule is Fc1ccc(OCCc2cc([C@@H]3CCCN3Cc3cccnc3)n[nH]2)cc1. The summed E-state index contributed by atoms with van der Waals surface area (Å²) < 4.78 is 18.6. The van der Waals surface area contributed by atoms with Crippen molar-refractivity contribution in [3.05, 3.63) is 77.6 Å². The highest BCUT2D eigenvalue weighted by Gasteiger charge is 2.28. The molecule has 4 rings (SSSR count). The number of halogens is 1. The summed E-state index contributed by atoms with van der Waals surface area (Å²) in [5.41, 5.74) is 3.38. The molecule has 27 heavy (non-hydrogen) atoms. The average molecular weight is 366 g/mol. The van der Waals surface area contributed by atoms with Crippen molar-refractivity contribution in [2.24, 2.45) is 0 Å². The smallest absolute Gasteiger partial charge is 0.123 e. The van der Waals surface area contributed by atoms with Gasteiger partial charge in [0.05, 0.1) is 18.3 Å². The fourth-order valence-corrected chi connectivity index (χ4v) is 3.56. The van der Waals surface area contributed by atoms with Crippen LogP contribution in [-0.2, 0) is 13.0 Å². The van der Waals surface area contributed by atoms with Crippen LogP contribution in [0.15, 0.2) is 54.9 Å². The van der Waals surface area contributed by atoms with Crippen molar-refractivity contribution in [2.45, 2.75) is 31.8 Å². The third-order valence-electron chi connectivity index (χ3n) is 4.92. The molecular weight excluding hydrogens is 343 g/mol. The Labute approximate surface area is 158 Å². The monoisotopic (exact) mass is 366 g/mol. The van der Waals surface area contributed by atoms with E-state index in [2.05, 4.69) is 32.2 Å². The van der Waals surface area contributed by atoms with E-state index in [1.54, 1.807) is 18.3 Å². The molecule has 1 aliphatic heterocycles. The van der Waals surface area contributed by atoms with Crippen LogP contribution < -0.4 is 4.74 Å². The quantitative estimate of drug-likeness (QED) is 0.689. The number of benzene rings is 1. The minimum atomic E-state index is -0.257. The van der Waals surface area contributed by atoms with E-state index in [0.717, 1.165) is 37.3 Å². The minimum absolute atomic E-state index is 0.257. The Hall–Kier alpha value is -2.73. The maximum atomic E-state index is 12.9. The molecule has 1 atom stereocenters. The zero-order valence-corrected chi connectivity index (χ0v) is 15.1. The number of rotatable bonds is 7. The first kappa shape index (κ1) is 17.7. The molecule has 1 fully saturated rings. The highest BCUT2D eigenvalue weighted by Crippen LogP contribution is 2.32. The Morgan fingerprint density at radius 3 is 2.93 bits per heavy atom. The summed E-state index contributed by atoms with van der Waals surface area (Å²) in [6.07, 6.45) is 6.77. The second-order valence-electron chi connectivity index (χ2n) is 6.86. The number of ether oxygens (including phenoxy) is 1. The van der Waals surface area contributed by atoms with Gasteiger partial charge < -0.3 is 4.74 Å². The lowest BCUT2D eigenvalue weighted by Crippen LogP contribution is -2.23. The van der Waals surface area contributed by atoms with Crippen LogP contribution in [0.5, 0.6) is 5.75 Å². The number of hydrogen-bond donors (Lipinski definition) is 1. The van der Waals surface area contributed by atoms with Gasteiger partial charge in [-0.1, -0.05) is 6.07 Å². The number of nitrogens with zero attached hydrogens (tertiary/aromatic N) is 3. The molecule has 0 aliphatic carbocycles. The van der Waals surface area contributed by atoms with Crippen LogP contribution in [-0.4, -0.2) is 33.2 Å². The molecule has 1 N–H and O–H groups in total. The number of aromatic nitrogens is 3. The number of H-pyrrole nitrogens is 1. The molecule has 6 heteroatoms. The molecular formula is C21H23FN4O. The molecule has 0 bridgehead atoms. The van der Waals surface area contributed by atoms with E-state index in [9.17, 15) is 4.39 Å². The number of likely N-dealkylation sites (tertiary alicyclic amines) is 1. The van der Waals surface area contributed by atoms with Crippen molar-refractivity contribution in [2.75, 3.05) is 13.2 Å². The fourth-order valence-electron chi connectivity index (χ4n) is 3.56. The second kappa shape index (κ2) is 8.31. The third kappa shape index (κ3) is 4.52. The van der Waals surface area contributed by atoms with Gasteiger partial charge in [-0.3, -0.25) is 15.0 Å². The first-order valence-electron chi connectivity index (χ1n) is 9.33. The molecule has 1 aromatic carbocycles. The van der Waals surface area contributed by atoms with Gasteiger partial charge in [-0.2, -0.15) is 5.10 Å². The van der Waals surface area contributed by atoms with Crippen molar-refractivity contribution >= 4 is 0 Å². The van der Waals surface area contributed by atoms with Gasteiger partial charge in [-0.05, 0) is 61.3 Å². The van der Waals surface area contributed by atoms with Gasteiger partial charge in [0, 0.05) is 31.1 Å². The summed E-state index contributed by atoms with van der Waals surface area (Å²) in [5.74, 6) is 0.419. The van der Waals surface area contributed by atoms with Crippen molar-refractivity contribution in [3.63, 3.8) is 0 Å². The molecule has 3 heterocycles. The third-order valence-corrected chi connectivity index (χ3v) is 4.92. The molecule has 140 valence electrons. The number of pyridine rings is 1. The van der Waals surface area contributed by atoms with Crippen LogP contribution in [0, 0.1) is 5.82 Å². The predicted molar refractivity (Wildman–Crippen MR) is 101 cm³/mol. The predicted octanol–water partition coefficient (Wildman–Crippen LogP) is 3.90. The van der Waals surface area contributed by atoms with E-state index in [4.69, 9.17) is 4.74 Å². The van der Waals surface area contributed by atoms with Crippen LogP contribution in [0.3, 0.4) is 0 Å². The highest BCUT2D eigenvalue weighted by atomic mass is 19.1. The Morgan fingerprint density at radius 1 is 1.22 bits per heavy atom. The van der Waals surface area contributed by atoms with Gasteiger partial charge in [0.25, 0.3) is 0 Å². The van der Waals surface area contributed by atoms with E-state index in [0.29, 0.717) is 18.4 Å². The van der Waals surface area contributed by atoms with Crippen molar-refractivity contribution in [3.8, 4) is 5.75 Å². The molecule has 1 aliphatic rings. The zero-order valence-electron chi connectivity index (χ0n) is 15.1. The largest absolute Gasteiger partial charge is 0.493 e.